The van der Waals surface area contributed by atoms with E-state index in [-0.39, 0.29) is 29.0 Å². The van der Waals surface area contributed by atoms with Crippen LogP contribution in [0.15, 0.2) is 41.0 Å². The number of halogens is 3. The number of benzene rings is 1. The molecular formula is C20H20F3N5O3S2. The van der Waals surface area contributed by atoms with Crippen molar-refractivity contribution in [3.63, 3.8) is 0 Å². The van der Waals surface area contributed by atoms with E-state index in [4.69, 9.17) is 0 Å². The number of amides is 1. The molecule has 1 aromatic carbocycles. The van der Waals surface area contributed by atoms with Crippen LogP contribution in [-0.2, 0) is 20.8 Å². The quantitative estimate of drug-likeness (QED) is 0.533. The second kappa shape index (κ2) is 8.86. The third kappa shape index (κ3) is 4.93. The van der Waals surface area contributed by atoms with Gasteiger partial charge in [0.25, 0.3) is 0 Å². The van der Waals surface area contributed by atoms with Crippen LogP contribution in [0.25, 0.3) is 10.2 Å². The average molecular weight is 500 g/mol. The number of nitrogens with zero attached hydrogens (tertiary/aromatic N) is 5. The molecule has 1 atom stereocenters. The van der Waals surface area contributed by atoms with Crippen molar-refractivity contribution in [1.29, 1.82) is 0 Å². The lowest BCUT2D eigenvalue weighted by Gasteiger charge is -2.40. The summed E-state index contributed by atoms with van der Waals surface area (Å²) in [6.07, 6.45) is -2.53. The van der Waals surface area contributed by atoms with Crippen LogP contribution in [0.5, 0.6) is 0 Å². The van der Waals surface area contributed by atoms with Crippen LogP contribution in [0, 0.1) is 0 Å². The number of aromatic nitrogens is 3. The maximum Gasteiger partial charge on any atom is 0.451 e. The Kier molecular flexibility index (Phi) is 6.27. The highest BCUT2D eigenvalue weighted by atomic mass is 32.2. The Morgan fingerprint density at radius 2 is 1.91 bits per heavy atom. The maximum absolute atomic E-state index is 12.9. The zero-order chi connectivity index (χ0) is 23.8. The summed E-state index contributed by atoms with van der Waals surface area (Å²) in [4.78, 5) is 27.2. The van der Waals surface area contributed by atoms with E-state index in [2.05, 4.69) is 15.0 Å². The molecule has 8 nitrogen and oxygen atoms in total. The van der Waals surface area contributed by atoms with Gasteiger partial charge in [0.15, 0.2) is 9.84 Å². The Balaban J connectivity index is 1.38. The highest BCUT2D eigenvalue weighted by molar-refractivity contribution is 7.91. The summed E-state index contributed by atoms with van der Waals surface area (Å²) in [5, 5.41) is 0. The number of alkyl halides is 3. The summed E-state index contributed by atoms with van der Waals surface area (Å²) in [6.45, 7) is 2.86. The number of thiazole rings is 1. The summed E-state index contributed by atoms with van der Waals surface area (Å²) in [6, 6.07) is 4.62. The average Bonchev–Trinajstić information content (AvgIpc) is 3.26. The minimum Gasteiger partial charge on any atom is -0.365 e. The Hall–Kier alpha value is -2.80. The first-order chi connectivity index (χ1) is 15.6. The molecule has 2 aromatic heterocycles. The number of rotatable bonds is 5. The summed E-state index contributed by atoms with van der Waals surface area (Å²) < 4.78 is 64.3. The van der Waals surface area contributed by atoms with Crippen molar-refractivity contribution in [2.24, 2.45) is 0 Å². The van der Waals surface area contributed by atoms with Gasteiger partial charge >= 0.3 is 6.18 Å². The molecule has 4 rings (SSSR count). The fourth-order valence-corrected chi connectivity index (χ4v) is 6.33. The molecule has 3 heterocycles. The summed E-state index contributed by atoms with van der Waals surface area (Å²) in [5.74, 6) is -1.81. The van der Waals surface area contributed by atoms with Gasteiger partial charge in [0, 0.05) is 32.1 Å². The Labute approximate surface area is 192 Å². The van der Waals surface area contributed by atoms with Crippen LogP contribution >= 0.6 is 11.3 Å². The van der Waals surface area contributed by atoms with Gasteiger partial charge in [0.2, 0.25) is 11.7 Å². The predicted octanol–water partition coefficient (Wildman–Crippen LogP) is 3.01. The smallest absolute Gasteiger partial charge is 0.365 e. The number of sulfone groups is 1. The first-order valence-corrected chi connectivity index (χ1v) is 12.6. The van der Waals surface area contributed by atoms with Crippen LogP contribution in [0.2, 0.25) is 0 Å². The van der Waals surface area contributed by atoms with E-state index in [9.17, 15) is 26.4 Å². The van der Waals surface area contributed by atoms with Gasteiger partial charge in [-0.3, -0.25) is 4.79 Å². The largest absolute Gasteiger partial charge is 0.451 e. The molecule has 0 aliphatic carbocycles. The molecule has 1 fully saturated rings. The standard InChI is InChI=1S/C20H20F3N5O3S2/c1-13-11-27(14-9-24-19(25-10-14)20(21,22)23)6-7-28(13)17(29)5-8-33(30,31)16-4-2-3-15-18(16)32-12-26-15/h2-4,9-10,12-13H,5-8,11H2,1H3/t13-/m0/s1. The number of hydrogen-bond donors (Lipinski definition) is 0. The van der Waals surface area contributed by atoms with Crippen molar-refractivity contribution < 1.29 is 26.4 Å². The van der Waals surface area contributed by atoms with E-state index in [1.54, 1.807) is 27.4 Å². The van der Waals surface area contributed by atoms with Crippen molar-refractivity contribution in [3.05, 3.63) is 41.9 Å². The van der Waals surface area contributed by atoms with Crippen molar-refractivity contribution in [2.75, 3.05) is 30.3 Å². The summed E-state index contributed by atoms with van der Waals surface area (Å²) in [7, 11) is -3.67. The minimum absolute atomic E-state index is 0.161. The maximum atomic E-state index is 12.9. The lowest BCUT2D eigenvalue weighted by Crippen LogP contribution is -2.54. The predicted molar refractivity (Wildman–Crippen MR) is 117 cm³/mol. The van der Waals surface area contributed by atoms with Crippen LogP contribution in [0.3, 0.4) is 0 Å². The molecule has 3 aromatic rings. The number of anilines is 1. The second-order valence-electron chi connectivity index (χ2n) is 7.67. The van der Waals surface area contributed by atoms with Crippen LogP contribution in [-0.4, -0.2) is 65.6 Å². The Morgan fingerprint density at radius 3 is 2.58 bits per heavy atom. The molecule has 1 amide bonds. The fraction of sp³-hybridized carbons (Fsp3) is 0.400. The third-order valence-electron chi connectivity index (χ3n) is 5.44. The first kappa shape index (κ1) is 23.4. The van der Waals surface area contributed by atoms with Gasteiger partial charge in [-0.1, -0.05) is 6.07 Å². The zero-order valence-electron chi connectivity index (χ0n) is 17.5. The molecule has 1 saturated heterocycles. The molecule has 13 heteroatoms. The molecule has 176 valence electrons. The highest BCUT2D eigenvalue weighted by Gasteiger charge is 2.35. The summed E-state index contributed by atoms with van der Waals surface area (Å²) >= 11 is 1.24. The van der Waals surface area contributed by atoms with Crippen molar-refractivity contribution in [2.45, 2.75) is 30.5 Å². The van der Waals surface area contributed by atoms with Gasteiger partial charge in [0.05, 0.1) is 44.5 Å². The fourth-order valence-electron chi connectivity index (χ4n) is 3.77. The highest BCUT2D eigenvalue weighted by Crippen LogP contribution is 2.28. The van der Waals surface area contributed by atoms with E-state index < -0.39 is 21.8 Å². The number of hydrogen-bond acceptors (Lipinski definition) is 8. The Morgan fingerprint density at radius 1 is 1.18 bits per heavy atom. The van der Waals surface area contributed by atoms with E-state index in [1.807, 2.05) is 6.92 Å². The van der Waals surface area contributed by atoms with E-state index >= 15 is 0 Å². The van der Waals surface area contributed by atoms with Gasteiger partial charge in [-0.15, -0.1) is 11.3 Å². The summed E-state index contributed by atoms with van der Waals surface area (Å²) in [5.41, 5.74) is 2.61. The van der Waals surface area contributed by atoms with Gasteiger partial charge in [-0.25, -0.2) is 23.4 Å². The first-order valence-electron chi connectivity index (χ1n) is 10.0. The van der Waals surface area contributed by atoms with Crippen molar-refractivity contribution in [3.8, 4) is 0 Å². The molecule has 0 saturated carbocycles. The van der Waals surface area contributed by atoms with Gasteiger partial charge in [-0.05, 0) is 19.1 Å². The second-order valence-corrected chi connectivity index (χ2v) is 10.6. The van der Waals surface area contributed by atoms with Gasteiger partial charge in [0.1, 0.15) is 0 Å². The Bertz CT molecular complexity index is 1260. The monoisotopic (exact) mass is 499 g/mol. The SMILES string of the molecule is C[C@H]1CN(c2cnc(C(F)(F)F)nc2)CCN1C(=O)CCS(=O)(=O)c1cccc2ncsc12. The number of fused-ring (bicyclic) bond motifs is 1. The van der Waals surface area contributed by atoms with Crippen molar-refractivity contribution >= 4 is 43.0 Å². The van der Waals surface area contributed by atoms with Gasteiger partial charge < -0.3 is 9.80 Å². The molecule has 0 radical (unpaired) electrons. The number of carbonyl (C=O) groups excluding carboxylic acids is 1. The van der Waals surface area contributed by atoms with Crippen LogP contribution in [0.4, 0.5) is 18.9 Å². The van der Waals surface area contributed by atoms with E-state index in [1.165, 1.54) is 17.4 Å². The lowest BCUT2D eigenvalue weighted by molar-refractivity contribution is -0.145. The molecule has 1 aliphatic heterocycles. The molecule has 33 heavy (non-hydrogen) atoms. The molecule has 0 bridgehead atoms. The minimum atomic E-state index is -4.61. The molecule has 0 unspecified atom stereocenters. The molecular weight excluding hydrogens is 479 g/mol. The van der Waals surface area contributed by atoms with Crippen molar-refractivity contribution in [1.82, 2.24) is 19.9 Å². The zero-order valence-corrected chi connectivity index (χ0v) is 19.1. The normalized spacial score (nSPS) is 17.5. The number of carbonyl (C=O) groups is 1. The van der Waals surface area contributed by atoms with E-state index in [0.29, 0.717) is 35.5 Å². The molecule has 0 spiro atoms. The number of piperazine rings is 1. The molecule has 1 aliphatic rings. The topological polar surface area (TPSA) is 96.4 Å². The molecule has 0 N–H and O–H groups in total. The third-order valence-corrected chi connectivity index (χ3v) is 8.20. The van der Waals surface area contributed by atoms with Crippen LogP contribution < -0.4 is 4.90 Å². The van der Waals surface area contributed by atoms with Gasteiger partial charge in [-0.2, -0.15) is 13.2 Å². The van der Waals surface area contributed by atoms with E-state index in [0.717, 1.165) is 12.4 Å². The van der Waals surface area contributed by atoms with Crippen LogP contribution in [0.1, 0.15) is 19.2 Å². The lowest BCUT2D eigenvalue weighted by atomic mass is 10.1.